The monoisotopic (exact) mass is 346 g/mol. The van der Waals surface area contributed by atoms with E-state index in [4.69, 9.17) is 11.6 Å². The third-order valence-corrected chi connectivity index (χ3v) is 3.94. The maximum Gasteiger partial charge on any atom is 0.279 e. The molecule has 1 unspecified atom stereocenters. The quantitative estimate of drug-likeness (QED) is 0.739. The van der Waals surface area contributed by atoms with E-state index in [0.29, 0.717) is 29.4 Å². The molecule has 0 aromatic heterocycles. The van der Waals surface area contributed by atoms with Crippen LogP contribution in [0.4, 0.5) is 5.69 Å². The van der Waals surface area contributed by atoms with E-state index in [-0.39, 0.29) is 11.8 Å². The molecule has 0 saturated carbocycles. The van der Waals surface area contributed by atoms with Gasteiger partial charge >= 0.3 is 0 Å². The Kier molecular flexibility index (Phi) is 6.35. The molecule has 1 atom stereocenters. The van der Waals surface area contributed by atoms with Gasteiger partial charge in [-0.05, 0) is 30.3 Å². The minimum absolute atomic E-state index is 0.0905. The molecule has 3 N–H and O–H groups in total. The largest absolute Gasteiger partial charge is 0.355 e. The van der Waals surface area contributed by atoms with Crippen molar-refractivity contribution in [2.24, 2.45) is 0 Å². The van der Waals surface area contributed by atoms with E-state index in [1.807, 2.05) is 31.3 Å². The summed E-state index contributed by atoms with van der Waals surface area (Å²) < 4.78 is 0. The first-order valence-electron chi connectivity index (χ1n) is 7.66. The number of amides is 2. The number of carbonyl (C=O) groups excluding carboxylic acids is 2. The van der Waals surface area contributed by atoms with E-state index < -0.39 is 0 Å². The molecule has 24 heavy (non-hydrogen) atoms. The van der Waals surface area contributed by atoms with Gasteiger partial charge in [0.2, 0.25) is 0 Å². The van der Waals surface area contributed by atoms with E-state index in [2.05, 4.69) is 10.6 Å². The number of carbonyl (C=O) groups is 2. The van der Waals surface area contributed by atoms with Gasteiger partial charge < -0.3 is 15.5 Å². The second kappa shape index (κ2) is 8.47. The number of benzene rings is 2. The van der Waals surface area contributed by atoms with Crippen molar-refractivity contribution in [1.29, 1.82) is 0 Å². The Hall–Kier alpha value is -2.37. The third kappa shape index (κ3) is 5.08. The van der Waals surface area contributed by atoms with Crippen LogP contribution in [0.15, 0.2) is 48.5 Å². The number of hydrogen-bond acceptors (Lipinski definition) is 2. The second-order valence-corrected chi connectivity index (χ2v) is 6.01. The van der Waals surface area contributed by atoms with Gasteiger partial charge in [0.15, 0.2) is 6.54 Å². The van der Waals surface area contributed by atoms with Crippen molar-refractivity contribution in [3.05, 3.63) is 64.7 Å². The molecular weight excluding hydrogens is 326 g/mol. The average molecular weight is 347 g/mol. The predicted octanol–water partition coefficient (Wildman–Crippen LogP) is 1.35. The third-order valence-electron chi connectivity index (χ3n) is 3.57. The minimum Gasteiger partial charge on any atom is -0.355 e. The van der Waals surface area contributed by atoms with Gasteiger partial charge in [-0.2, -0.15) is 0 Å². The highest BCUT2D eigenvalue weighted by Gasteiger charge is 2.12. The zero-order chi connectivity index (χ0) is 17.5. The Labute approximate surface area is 146 Å². The lowest BCUT2D eigenvalue weighted by atomic mass is 10.2. The van der Waals surface area contributed by atoms with E-state index in [1.54, 1.807) is 31.3 Å². The summed E-state index contributed by atoms with van der Waals surface area (Å²) >= 11 is 6.14. The standard InChI is InChI=1S/C18H20ClN3O2/c1-20-18(24)13-7-9-15(10-8-13)21-17(23)12-22(2)11-14-5-3-4-6-16(14)19/h3-10H,11-12H2,1-2H3,(H,20,24)(H,21,23)/p+1. The van der Waals surface area contributed by atoms with E-state index >= 15 is 0 Å². The molecule has 0 heterocycles. The van der Waals surface area contributed by atoms with Crippen molar-refractivity contribution < 1.29 is 14.5 Å². The summed E-state index contributed by atoms with van der Waals surface area (Å²) in [5.74, 6) is -0.246. The molecule has 0 radical (unpaired) electrons. The molecule has 126 valence electrons. The van der Waals surface area contributed by atoms with Crippen LogP contribution in [-0.4, -0.2) is 32.5 Å². The van der Waals surface area contributed by atoms with Crippen molar-refractivity contribution in [2.75, 3.05) is 26.0 Å². The summed E-state index contributed by atoms with van der Waals surface area (Å²) in [4.78, 5) is 24.6. The van der Waals surface area contributed by atoms with Crippen LogP contribution < -0.4 is 15.5 Å². The van der Waals surface area contributed by atoms with E-state index in [9.17, 15) is 9.59 Å². The number of anilines is 1. The number of likely N-dealkylation sites (N-methyl/N-ethyl adjacent to an activating group) is 1. The van der Waals surface area contributed by atoms with Gasteiger partial charge in [0.05, 0.1) is 7.05 Å². The first kappa shape index (κ1) is 18.0. The first-order valence-corrected chi connectivity index (χ1v) is 8.04. The number of nitrogens with one attached hydrogen (secondary N) is 3. The van der Waals surface area contributed by atoms with Crippen molar-refractivity contribution >= 4 is 29.1 Å². The summed E-state index contributed by atoms with van der Waals surface area (Å²) in [6.07, 6.45) is 0. The fourth-order valence-electron chi connectivity index (χ4n) is 2.36. The van der Waals surface area contributed by atoms with Gasteiger partial charge in [-0.15, -0.1) is 0 Å². The van der Waals surface area contributed by atoms with Gasteiger partial charge in [0.25, 0.3) is 11.8 Å². The Morgan fingerprint density at radius 3 is 2.38 bits per heavy atom. The van der Waals surface area contributed by atoms with Crippen LogP contribution >= 0.6 is 11.6 Å². The molecule has 2 aromatic carbocycles. The van der Waals surface area contributed by atoms with Crippen LogP contribution in [-0.2, 0) is 11.3 Å². The highest BCUT2D eigenvalue weighted by atomic mass is 35.5. The van der Waals surface area contributed by atoms with Crippen LogP contribution in [0, 0.1) is 0 Å². The molecule has 0 spiro atoms. The van der Waals surface area contributed by atoms with Gasteiger partial charge in [-0.1, -0.05) is 29.8 Å². The van der Waals surface area contributed by atoms with Gasteiger partial charge in [0, 0.05) is 28.9 Å². The number of hydrogen-bond donors (Lipinski definition) is 3. The summed E-state index contributed by atoms with van der Waals surface area (Å²) in [6.45, 7) is 0.991. The van der Waals surface area contributed by atoms with Gasteiger partial charge in [-0.25, -0.2) is 0 Å². The normalized spacial score (nSPS) is 11.6. The molecule has 0 fully saturated rings. The molecule has 0 aliphatic heterocycles. The van der Waals surface area contributed by atoms with E-state index in [0.717, 1.165) is 10.5 Å². The maximum absolute atomic E-state index is 12.1. The summed E-state index contributed by atoms with van der Waals surface area (Å²) in [5, 5.41) is 6.10. The van der Waals surface area contributed by atoms with Crippen LogP contribution in [0.5, 0.6) is 0 Å². The zero-order valence-corrected chi connectivity index (χ0v) is 14.5. The molecule has 2 rings (SSSR count). The van der Waals surface area contributed by atoms with Crippen LogP contribution in [0.25, 0.3) is 0 Å². The average Bonchev–Trinajstić information content (AvgIpc) is 2.56. The molecule has 2 aromatic rings. The topological polar surface area (TPSA) is 62.6 Å². The van der Waals surface area contributed by atoms with Crippen molar-refractivity contribution in [3.8, 4) is 0 Å². The zero-order valence-electron chi connectivity index (χ0n) is 13.7. The molecule has 5 nitrogen and oxygen atoms in total. The predicted molar refractivity (Wildman–Crippen MR) is 95.4 cm³/mol. The molecule has 0 bridgehead atoms. The van der Waals surface area contributed by atoms with Crippen molar-refractivity contribution in [1.82, 2.24) is 5.32 Å². The Balaban J connectivity index is 1.88. The smallest absolute Gasteiger partial charge is 0.279 e. The molecule has 0 aliphatic carbocycles. The van der Waals surface area contributed by atoms with Gasteiger partial charge in [0.1, 0.15) is 6.54 Å². The molecular formula is C18H21ClN3O2+. The Morgan fingerprint density at radius 2 is 1.75 bits per heavy atom. The first-order chi connectivity index (χ1) is 11.5. The van der Waals surface area contributed by atoms with Crippen LogP contribution in [0.1, 0.15) is 15.9 Å². The summed E-state index contributed by atoms with van der Waals surface area (Å²) in [5.41, 5.74) is 2.23. The minimum atomic E-state index is -0.156. The number of quaternary nitrogens is 1. The second-order valence-electron chi connectivity index (χ2n) is 5.61. The van der Waals surface area contributed by atoms with Gasteiger partial charge in [-0.3, -0.25) is 9.59 Å². The summed E-state index contributed by atoms with van der Waals surface area (Å²) in [6, 6.07) is 14.4. The molecule has 2 amide bonds. The lowest BCUT2D eigenvalue weighted by Crippen LogP contribution is -3.08. The molecule has 0 aliphatic rings. The van der Waals surface area contributed by atoms with Crippen molar-refractivity contribution in [2.45, 2.75) is 6.54 Å². The maximum atomic E-state index is 12.1. The van der Waals surface area contributed by atoms with Crippen LogP contribution in [0.2, 0.25) is 5.02 Å². The number of halogens is 1. The highest BCUT2D eigenvalue weighted by Crippen LogP contribution is 2.13. The Morgan fingerprint density at radius 1 is 1.08 bits per heavy atom. The lowest BCUT2D eigenvalue weighted by Gasteiger charge is -2.14. The lowest BCUT2D eigenvalue weighted by molar-refractivity contribution is -0.885. The highest BCUT2D eigenvalue weighted by molar-refractivity contribution is 6.31. The van der Waals surface area contributed by atoms with E-state index in [1.165, 1.54) is 0 Å². The summed E-state index contributed by atoms with van der Waals surface area (Å²) in [7, 11) is 3.52. The van der Waals surface area contributed by atoms with Crippen molar-refractivity contribution in [3.63, 3.8) is 0 Å². The van der Waals surface area contributed by atoms with Crippen LogP contribution in [0.3, 0.4) is 0 Å². The SMILES string of the molecule is CNC(=O)c1ccc(NC(=O)C[NH+](C)Cc2ccccc2Cl)cc1. The fourth-order valence-corrected chi connectivity index (χ4v) is 2.56. The molecule has 0 saturated heterocycles. The molecule has 6 heteroatoms. The fraction of sp³-hybridized carbons (Fsp3) is 0.222. The number of rotatable bonds is 6. The Bertz CT molecular complexity index is 716.